The van der Waals surface area contributed by atoms with Crippen molar-refractivity contribution in [3.8, 4) is 0 Å². The number of carbonyl (C=O) groups is 4. The predicted molar refractivity (Wildman–Crippen MR) is 60.6 cm³/mol. The summed E-state index contributed by atoms with van der Waals surface area (Å²) in [4.78, 5) is 38.8. The first kappa shape index (κ1) is 23.5. The summed E-state index contributed by atoms with van der Waals surface area (Å²) in [5.41, 5.74) is 0. The van der Waals surface area contributed by atoms with Crippen LogP contribution in [0.1, 0.15) is 12.8 Å². The van der Waals surface area contributed by atoms with Gasteiger partial charge in [0.25, 0.3) is 0 Å². The van der Waals surface area contributed by atoms with Crippen LogP contribution in [0, 0.1) is 0 Å². The number of carboxylic acid groups (broad SMARTS) is 4. The van der Waals surface area contributed by atoms with Crippen molar-refractivity contribution in [1.29, 1.82) is 0 Å². The van der Waals surface area contributed by atoms with Gasteiger partial charge in [-0.05, 0) is 0 Å². The van der Waals surface area contributed by atoms with Gasteiger partial charge in [0.1, 0.15) is 0 Å². The molecule has 0 bridgehead atoms. The quantitative estimate of drug-likeness (QED) is 0.320. The summed E-state index contributed by atoms with van der Waals surface area (Å²) < 4.78 is 0. The molecule has 0 aliphatic heterocycles. The Balaban J connectivity index is -0.000000256. The Morgan fingerprint density at radius 3 is 1.00 bits per heavy atom. The van der Waals surface area contributed by atoms with Crippen LogP contribution in [0.5, 0.6) is 0 Å². The van der Waals surface area contributed by atoms with Crippen molar-refractivity contribution >= 4 is 73.0 Å². The van der Waals surface area contributed by atoms with Crippen molar-refractivity contribution < 1.29 is 39.6 Å². The molecule has 0 aliphatic rings. The number of thiol groups is 2. The number of carbonyl (C=O) groups excluding carboxylic acids is 4. The minimum Gasteiger partial charge on any atom is -0.550 e. The van der Waals surface area contributed by atoms with E-state index < -0.39 is 47.2 Å². The van der Waals surface area contributed by atoms with Gasteiger partial charge in [-0.1, -0.05) is 0 Å². The largest absolute Gasteiger partial charge is 4.00 e. The van der Waals surface area contributed by atoms with Gasteiger partial charge in [0.2, 0.25) is 0 Å². The molecular formula is C8H8O8S2Sn. The van der Waals surface area contributed by atoms with E-state index in [2.05, 4.69) is 25.3 Å². The van der Waals surface area contributed by atoms with Crippen molar-refractivity contribution in [3.05, 3.63) is 0 Å². The number of aliphatic carboxylic acids is 4. The third kappa shape index (κ3) is 17.4. The van der Waals surface area contributed by atoms with E-state index in [1.54, 1.807) is 0 Å². The number of hydrogen-bond acceptors (Lipinski definition) is 10. The van der Waals surface area contributed by atoms with Gasteiger partial charge in [0.05, 0.1) is 11.9 Å². The molecule has 2 unspecified atom stereocenters. The number of hydrogen-bond donors (Lipinski definition) is 2. The van der Waals surface area contributed by atoms with E-state index in [-0.39, 0.29) is 23.9 Å². The summed E-state index contributed by atoms with van der Waals surface area (Å²) in [5.74, 6) is -5.89. The first-order valence-electron chi connectivity index (χ1n) is 4.25. The number of carboxylic acids is 4. The molecule has 0 N–H and O–H groups in total. The van der Waals surface area contributed by atoms with Crippen LogP contribution in [0.15, 0.2) is 0 Å². The molecule has 0 saturated carbocycles. The van der Waals surface area contributed by atoms with Gasteiger partial charge in [0.15, 0.2) is 0 Å². The molecule has 104 valence electrons. The smallest absolute Gasteiger partial charge is 0.550 e. The Morgan fingerprint density at radius 2 is 0.947 bits per heavy atom. The van der Waals surface area contributed by atoms with Crippen molar-refractivity contribution in [2.24, 2.45) is 0 Å². The van der Waals surface area contributed by atoms with Crippen molar-refractivity contribution in [2.45, 2.75) is 23.3 Å². The molecule has 0 aromatic heterocycles. The van der Waals surface area contributed by atoms with Gasteiger partial charge in [0, 0.05) is 35.3 Å². The van der Waals surface area contributed by atoms with Gasteiger partial charge >= 0.3 is 23.9 Å². The van der Waals surface area contributed by atoms with Crippen LogP contribution in [0.25, 0.3) is 0 Å². The molecule has 0 saturated heterocycles. The predicted octanol–water partition coefficient (Wildman–Crippen LogP) is -6.03. The summed E-state index contributed by atoms with van der Waals surface area (Å²) >= 11 is 6.76. The molecule has 0 heterocycles. The van der Waals surface area contributed by atoms with Gasteiger partial charge in [-0.25, -0.2) is 0 Å². The molecule has 0 radical (unpaired) electrons. The Labute approximate surface area is 136 Å². The Hall–Kier alpha value is -0.621. The molecule has 11 heteroatoms. The van der Waals surface area contributed by atoms with Crippen LogP contribution in [-0.4, -0.2) is 58.3 Å². The second kappa shape index (κ2) is 12.4. The van der Waals surface area contributed by atoms with E-state index in [4.69, 9.17) is 0 Å². The molecule has 0 fully saturated rings. The minimum absolute atomic E-state index is 0. The second-order valence-electron chi connectivity index (χ2n) is 2.82. The fourth-order valence-corrected chi connectivity index (χ4v) is 0.781. The Kier molecular flexibility index (Phi) is 15.3. The van der Waals surface area contributed by atoms with E-state index in [9.17, 15) is 39.6 Å². The Bertz CT molecular complexity index is 303. The zero-order valence-electron chi connectivity index (χ0n) is 9.23. The van der Waals surface area contributed by atoms with Crippen molar-refractivity contribution in [1.82, 2.24) is 0 Å². The van der Waals surface area contributed by atoms with Crippen LogP contribution in [0.2, 0.25) is 0 Å². The first-order valence-corrected chi connectivity index (χ1v) is 5.28. The summed E-state index contributed by atoms with van der Waals surface area (Å²) in [6.07, 6.45) is -1.24. The Morgan fingerprint density at radius 1 is 0.737 bits per heavy atom. The zero-order chi connectivity index (χ0) is 14.9. The van der Waals surface area contributed by atoms with Gasteiger partial charge in [-0.15, -0.1) is 0 Å². The summed E-state index contributed by atoms with van der Waals surface area (Å²) in [5, 5.41) is 36.3. The molecular weight excluding hydrogens is 407 g/mol. The summed E-state index contributed by atoms with van der Waals surface area (Å²) in [6, 6.07) is 0. The number of rotatable bonds is 6. The van der Waals surface area contributed by atoms with Crippen LogP contribution >= 0.6 is 25.3 Å². The summed E-state index contributed by atoms with van der Waals surface area (Å²) in [7, 11) is 0. The fraction of sp³-hybridized carbons (Fsp3) is 0.500. The monoisotopic (exact) mass is 416 g/mol. The third-order valence-corrected chi connectivity index (χ3v) is 2.05. The third-order valence-electron chi connectivity index (χ3n) is 1.26. The van der Waals surface area contributed by atoms with E-state index >= 15 is 0 Å². The van der Waals surface area contributed by atoms with Crippen LogP contribution in [0.4, 0.5) is 0 Å². The molecule has 0 aliphatic carbocycles. The first-order chi connectivity index (χ1) is 8.07. The van der Waals surface area contributed by atoms with Crippen molar-refractivity contribution in [3.63, 3.8) is 0 Å². The molecule has 0 amide bonds. The molecule has 0 aromatic rings. The fourth-order valence-electron chi connectivity index (χ4n) is 0.482. The summed E-state index contributed by atoms with van der Waals surface area (Å²) in [6.45, 7) is 0. The maximum atomic E-state index is 9.76. The molecule has 0 spiro atoms. The van der Waals surface area contributed by atoms with E-state index in [0.717, 1.165) is 0 Å². The molecule has 8 nitrogen and oxygen atoms in total. The van der Waals surface area contributed by atoms with Gasteiger partial charge in [-0.3, -0.25) is 0 Å². The van der Waals surface area contributed by atoms with Crippen LogP contribution in [-0.2, 0) is 19.2 Å². The molecule has 0 aromatic carbocycles. The zero-order valence-corrected chi connectivity index (χ0v) is 13.9. The minimum atomic E-state index is -1.50. The van der Waals surface area contributed by atoms with Gasteiger partial charge < -0.3 is 39.6 Å². The van der Waals surface area contributed by atoms with E-state index in [1.807, 2.05) is 0 Å². The maximum absolute atomic E-state index is 9.76. The van der Waals surface area contributed by atoms with Gasteiger partial charge in [-0.2, -0.15) is 25.3 Å². The normalized spacial score (nSPS) is 11.9. The topological polar surface area (TPSA) is 161 Å². The SMILES string of the molecule is O=C([O-])CC(S)C(=O)[O-].O=C([O-])CC(S)C(=O)[O-].[Sn+4]. The maximum Gasteiger partial charge on any atom is 4.00 e. The molecule has 19 heavy (non-hydrogen) atoms. The average Bonchev–Trinajstić information content (AvgIpc) is 2.16. The molecule has 2 atom stereocenters. The van der Waals surface area contributed by atoms with E-state index in [1.165, 1.54) is 0 Å². The van der Waals surface area contributed by atoms with Crippen LogP contribution < -0.4 is 20.4 Å². The van der Waals surface area contributed by atoms with Crippen LogP contribution in [0.3, 0.4) is 0 Å². The standard InChI is InChI=1S/2C4H6O4S.Sn/c2*5-3(6)1-2(9)4(7)8;/h2*2,9H,1H2,(H,5,6)(H,7,8);/q;;+4/p-4. The molecule has 0 rings (SSSR count). The second-order valence-corrected chi connectivity index (χ2v) is 4.07. The van der Waals surface area contributed by atoms with Crippen molar-refractivity contribution in [2.75, 3.05) is 0 Å². The van der Waals surface area contributed by atoms with E-state index in [0.29, 0.717) is 0 Å². The average molecular weight is 415 g/mol.